The van der Waals surface area contributed by atoms with Gasteiger partial charge < -0.3 is 13.7 Å². The maximum atomic E-state index is 2.52. The first kappa shape index (κ1) is 35.4. The van der Waals surface area contributed by atoms with E-state index in [4.69, 9.17) is 0 Å². The first-order valence-electron chi connectivity index (χ1n) is 21.9. The van der Waals surface area contributed by atoms with Crippen molar-refractivity contribution in [2.24, 2.45) is 0 Å². The maximum absolute atomic E-state index is 2.52. The highest BCUT2D eigenvalue weighted by Crippen LogP contribution is 2.44. The third-order valence-electron chi connectivity index (χ3n) is 13.4. The fourth-order valence-electron chi connectivity index (χ4n) is 10.7. The van der Waals surface area contributed by atoms with E-state index in [1.165, 1.54) is 114 Å². The van der Waals surface area contributed by atoms with Gasteiger partial charge in [0.15, 0.2) is 0 Å². The van der Waals surface area contributed by atoms with Crippen LogP contribution in [0.1, 0.15) is 0 Å². The molecule has 0 aliphatic rings. The average molecular weight is 832 g/mol. The fraction of sp³-hybridized carbons (Fsp3) is 0. The van der Waals surface area contributed by atoms with E-state index in [2.05, 4.69) is 238 Å². The van der Waals surface area contributed by atoms with Gasteiger partial charge in [-0.3, -0.25) is 0 Å². The smallest absolute Gasteiger partial charge is 0.0562 e. The predicted molar refractivity (Wildman–Crippen MR) is 273 cm³/mol. The Balaban J connectivity index is 0.990. The molecule has 0 N–H and O–H groups in total. The van der Waals surface area contributed by atoms with E-state index >= 15 is 0 Å². The Morgan fingerprint density at radius 2 is 0.781 bits per heavy atom. The molecule has 0 aliphatic carbocycles. The summed E-state index contributed by atoms with van der Waals surface area (Å²) in [5.41, 5.74) is 15.6. The third kappa shape index (κ3) is 5.09. The summed E-state index contributed by atoms with van der Waals surface area (Å²) in [6.07, 6.45) is 0. The standard InChI is InChI=1S/C60H37N3S/c1-2-15-38(16-3-1)42-17-4-5-18-43(42)39-29-34-58-50(35-39)60-56(27-14-28-59(60)64-58)63-54-26-13-8-21-46(54)48-32-30-41(37-57(48)63)62-53-25-12-9-22-47(53)49-36-40(31-33-55(49)62)61-51-23-10-6-19-44(51)45-20-7-11-24-52(45)61/h1-37H. The largest absolute Gasteiger partial charge is 0.309 e. The topological polar surface area (TPSA) is 14.8 Å². The number of hydrogen-bond acceptors (Lipinski definition) is 1. The van der Waals surface area contributed by atoms with Crippen molar-refractivity contribution in [2.75, 3.05) is 0 Å². The molecule has 0 fully saturated rings. The van der Waals surface area contributed by atoms with E-state index in [0.717, 1.165) is 11.4 Å². The molecule has 0 aliphatic heterocycles. The van der Waals surface area contributed by atoms with E-state index < -0.39 is 0 Å². The zero-order chi connectivity index (χ0) is 41.9. The molecule has 0 radical (unpaired) electrons. The van der Waals surface area contributed by atoms with Crippen molar-refractivity contribution >= 4 is 96.9 Å². The first-order chi connectivity index (χ1) is 31.8. The number of benzene rings is 10. The summed E-state index contributed by atoms with van der Waals surface area (Å²) < 4.78 is 9.96. The molecule has 0 unspecified atom stereocenters. The molecule has 4 heteroatoms. The van der Waals surface area contributed by atoms with E-state index in [9.17, 15) is 0 Å². The number of rotatable bonds is 5. The molecular formula is C60H37N3S. The summed E-state index contributed by atoms with van der Waals surface area (Å²) in [6.45, 7) is 0. The lowest BCUT2D eigenvalue weighted by Crippen LogP contribution is -1.98. The molecule has 0 spiro atoms. The molecule has 4 aromatic heterocycles. The molecule has 3 nitrogen and oxygen atoms in total. The molecule has 10 aromatic carbocycles. The number of thiophene rings is 1. The Kier molecular flexibility index (Phi) is 7.56. The molecule has 14 rings (SSSR count). The van der Waals surface area contributed by atoms with Gasteiger partial charge in [-0.1, -0.05) is 146 Å². The summed E-state index contributed by atoms with van der Waals surface area (Å²) in [4.78, 5) is 0. The lowest BCUT2D eigenvalue weighted by atomic mass is 9.94. The van der Waals surface area contributed by atoms with Crippen LogP contribution in [0.2, 0.25) is 0 Å². The normalized spacial score (nSPS) is 12.1. The molecule has 0 amide bonds. The van der Waals surface area contributed by atoms with Crippen molar-refractivity contribution in [3.05, 3.63) is 224 Å². The lowest BCUT2D eigenvalue weighted by Gasteiger charge is -2.13. The van der Waals surface area contributed by atoms with Crippen LogP contribution < -0.4 is 0 Å². The van der Waals surface area contributed by atoms with Gasteiger partial charge in [0, 0.05) is 63.9 Å². The Morgan fingerprint density at radius 3 is 1.45 bits per heavy atom. The van der Waals surface area contributed by atoms with E-state index in [1.807, 2.05) is 11.3 Å². The highest BCUT2D eigenvalue weighted by atomic mass is 32.1. The van der Waals surface area contributed by atoms with Gasteiger partial charge in [0.2, 0.25) is 0 Å². The molecule has 0 bridgehead atoms. The Morgan fingerprint density at radius 1 is 0.266 bits per heavy atom. The van der Waals surface area contributed by atoms with Crippen molar-refractivity contribution in [3.8, 4) is 39.3 Å². The van der Waals surface area contributed by atoms with Crippen LogP contribution >= 0.6 is 11.3 Å². The molecule has 0 atom stereocenters. The second-order valence-corrected chi connectivity index (χ2v) is 17.9. The van der Waals surface area contributed by atoms with Crippen LogP contribution in [0.3, 0.4) is 0 Å². The molecule has 14 aromatic rings. The number of hydrogen-bond donors (Lipinski definition) is 0. The van der Waals surface area contributed by atoms with E-state index in [0.29, 0.717) is 0 Å². The Bertz CT molecular complexity index is 4140. The molecule has 0 saturated heterocycles. The van der Waals surface area contributed by atoms with Gasteiger partial charge in [-0.15, -0.1) is 11.3 Å². The van der Waals surface area contributed by atoms with E-state index in [-0.39, 0.29) is 0 Å². The summed E-state index contributed by atoms with van der Waals surface area (Å²) in [7, 11) is 0. The SMILES string of the molecule is c1ccc(-c2ccccc2-c2ccc3sc4cccc(-n5c6ccccc6c6ccc(-n7c8ccccc8c8cc(-n9c%10ccccc%10c%10ccccc%109)ccc87)cc65)c4c3c2)cc1. The zero-order valence-electron chi connectivity index (χ0n) is 34.6. The third-order valence-corrected chi connectivity index (χ3v) is 14.6. The van der Waals surface area contributed by atoms with Gasteiger partial charge >= 0.3 is 0 Å². The molecular weight excluding hydrogens is 795 g/mol. The summed E-state index contributed by atoms with van der Waals surface area (Å²) in [6, 6.07) is 82.7. The van der Waals surface area contributed by atoms with Crippen LogP contribution in [-0.4, -0.2) is 13.7 Å². The van der Waals surface area contributed by atoms with Crippen molar-refractivity contribution in [1.29, 1.82) is 0 Å². The van der Waals surface area contributed by atoms with Gasteiger partial charge in [0.05, 0.1) is 38.8 Å². The summed E-state index contributed by atoms with van der Waals surface area (Å²) in [5, 5.41) is 10.0. The quantitative estimate of drug-likeness (QED) is 0.164. The van der Waals surface area contributed by atoms with Crippen LogP contribution in [-0.2, 0) is 0 Å². The minimum absolute atomic E-state index is 1.13. The molecule has 4 heterocycles. The summed E-state index contributed by atoms with van der Waals surface area (Å²) in [5.74, 6) is 0. The van der Waals surface area contributed by atoms with Gasteiger partial charge in [-0.25, -0.2) is 0 Å². The van der Waals surface area contributed by atoms with Crippen LogP contribution in [0.25, 0.3) is 125 Å². The zero-order valence-corrected chi connectivity index (χ0v) is 35.4. The highest BCUT2D eigenvalue weighted by Gasteiger charge is 2.21. The van der Waals surface area contributed by atoms with Crippen LogP contribution in [0.5, 0.6) is 0 Å². The van der Waals surface area contributed by atoms with Gasteiger partial charge in [0.25, 0.3) is 0 Å². The number of para-hydroxylation sites is 4. The minimum Gasteiger partial charge on any atom is -0.309 e. The Hall–Kier alpha value is -8.18. The second-order valence-electron chi connectivity index (χ2n) is 16.9. The van der Waals surface area contributed by atoms with Crippen molar-refractivity contribution in [2.45, 2.75) is 0 Å². The average Bonchev–Trinajstić information content (AvgIpc) is 4.10. The predicted octanol–water partition coefficient (Wildman–Crippen LogP) is 16.7. The second kappa shape index (κ2) is 13.7. The number of nitrogens with zero attached hydrogens (tertiary/aromatic N) is 3. The van der Waals surface area contributed by atoms with Gasteiger partial charge in [-0.05, 0) is 101 Å². The van der Waals surface area contributed by atoms with Crippen molar-refractivity contribution < 1.29 is 0 Å². The van der Waals surface area contributed by atoms with Crippen molar-refractivity contribution in [3.63, 3.8) is 0 Å². The molecule has 0 saturated carbocycles. The van der Waals surface area contributed by atoms with Gasteiger partial charge in [-0.2, -0.15) is 0 Å². The number of fused-ring (bicyclic) bond motifs is 12. The maximum Gasteiger partial charge on any atom is 0.0562 e. The molecule has 298 valence electrons. The van der Waals surface area contributed by atoms with Crippen molar-refractivity contribution in [1.82, 2.24) is 13.7 Å². The lowest BCUT2D eigenvalue weighted by molar-refractivity contribution is 1.16. The van der Waals surface area contributed by atoms with E-state index in [1.54, 1.807) is 0 Å². The fourth-order valence-corrected chi connectivity index (χ4v) is 11.8. The first-order valence-corrected chi connectivity index (χ1v) is 22.7. The van der Waals surface area contributed by atoms with Crippen LogP contribution in [0.15, 0.2) is 224 Å². The minimum atomic E-state index is 1.13. The van der Waals surface area contributed by atoms with Crippen LogP contribution in [0, 0.1) is 0 Å². The monoisotopic (exact) mass is 831 g/mol. The Labute approximate surface area is 372 Å². The number of aromatic nitrogens is 3. The molecule has 64 heavy (non-hydrogen) atoms. The highest BCUT2D eigenvalue weighted by molar-refractivity contribution is 7.25. The van der Waals surface area contributed by atoms with Gasteiger partial charge in [0.1, 0.15) is 0 Å². The van der Waals surface area contributed by atoms with Crippen LogP contribution in [0.4, 0.5) is 0 Å². The summed E-state index contributed by atoms with van der Waals surface area (Å²) >= 11 is 1.87.